The van der Waals surface area contributed by atoms with E-state index in [2.05, 4.69) is 13.0 Å². The van der Waals surface area contributed by atoms with E-state index in [0.717, 1.165) is 35.0 Å². The molecule has 0 aliphatic rings. The number of fused-ring (bicyclic) bond motifs is 1. The summed E-state index contributed by atoms with van der Waals surface area (Å²) in [6.07, 6.45) is 0.941. The summed E-state index contributed by atoms with van der Waals surface area (Å²) in [4.78, 5) is 12.3. The molecular formula is C14H18N2O. The van der Waals surface area contributed by atoms with E-state index in [1.807, 2.05) is 29.7 Å². The largest absolute Gasteiger partial charge is 0.326 e. The van der Waals surface area contributed by atoms with Crippen LogP contribution in [0.25, 0.3) is 10.9 Å². The molecule has 3 nitrogen and oxygen atoms in total. The Bertz CT molecular complexity index is 599. The number of benzene rings is 1. The molecule has 1 heterocycles. The smallest absolute Gasteiger partial charge is 0.255 e. The number of nitrogens with zero attached hydrogens (tertiary/aromatic N) is 1. The number of aromatic nitrogens is 1. The first-order chi connectivity index (χ1) is 8.20. The van der Waals surface area contributed by atoms with Gasteiger partial charge < -0.3 is 10.3 Å². The van der Waals surface area contributed by atoms with E-state index in [1.165, 1.54) is 0 Å². The topological polar surface area (TPSA) is 48.0 Å². The Morgan fingerprint density at radius 2 is 2.00 bits per heavy atom. The molecule has 90 valence electrons. The molecule has 17 heavy (non-hydrogen) atoms. The van der Waals surface area contributed by atoms with Gasteiger partial charge in [0, 0.05) is 24.0 Å². The number of rotatable bonds is 3. The van der Waals surface area contributed by atoms with E-state index in [4.69, 9.17) is 5.73 Å². The second-order valence-corrected chi connectivity index (χ2v) is 4.28. The summed E-state index contributed by atoms with van der Waals surface area (Å²) in [6, 6.07) is 8.01. The molecule has 1 aromatic carbocycles. The van der Waals surface area contributed by atoms with Crippen LogP contribution in [0.15, 0.2) is 29.1 Å². The standard InChI is InChI=1S/C14H18N2O/c1-3-8-16-13-7-5-4-6-11(13)10(2)12(9-15)14(16)17/h4-7H,3,8-9,15H2,1-2H3. The van der Waals surface area contributed by atoms with Gasteiger partial charge in [-0.1, -0.05) is 25.1 Å². The predicted octanol–water partition coefficient (Wildman–Crippen LogP) is 2.18. The van der Waals surface area contributed by atoms with Crippen molar-refractivity contribution in [2.45, 2.75) is 33.4 Å². The zero-order chi connectivity index (χ0) is 12.4. The summed E-state index contributed by atoms with van der Waals surface area (Å²) >= 11 is 0. The van der Waals surface area contributed by atoms with E-state index in [9.17, 15) is 4.79 Å². The van der Waals surface area contributed by atoms with Gasteiger partial charge in [0.1, 0.15) is 0 Å². The van der Waals surface area contributed by atoms with Crippen LogP contribution in [0.1, 0.15) is 24.5 Å². The molecule has 0 saturated heterocycles. The lowest BCUT2D eigenvalue weighted by atomic mass is 10.0. The maximum Gasteiger partial charge on any atom is 0.255 e. The van der Waals surface area contributed by atoms with Gasteiger partial charge in [-0.05, 0) is 25.0 Å². The summed E-state index contributed by atoms with van der Waals surface area (Å²) in [7, 11) is 0. The van der Waals surface area contributed by atoms with Crippen molar-refractivity contribution in [3.63, 3.8) is 0 Å². The zero-order valence-electron chi connectivity index (χ0n) is 10.4. The van der Waals surface area contributed by atoms with E-state index in [-0.39, 0.29) is 5.56 Å². The van der Waals surface area contributed by atoms with Crippen LogP contribution in [0.5, 0.6) is 0 Å². The van der Waals surface area contributed by atoms with E-state index in [1.54, 1.807) is 0 Å². The first-order valence-electron chi connectivity index (χ1n) is 6.01. The fourth-order valence-corrected chi connectivity index (χ4v) is 2.31. The quantitative estimate of drug-likeness (QED) is 0.878. The van der Waals surface area contributed by atoms with Crippen molar-refractivity contribution in [1.29, 1.82) is 0 Å². The summed E-state index contributed by atoms with van der Waals surface area (Å²) in [5, 5.41) is 1.13. The van der Waals surface area contributed by atoms with Gasteiger partial charge in [-0.15, -0.1) is 0 Å². The first kappa shape index (κ1) is 11.9. The van der Waals surface area contributed by atoms with Crippen LogP contribution in [0.4, 0.5) is 0 Å². The van der Waals surface area contributed by atoms with Crippen molar-refractivity contribution in [3.05, 3.63) is 45.7 Å². The molecule has 2 N–H and O–H groups in total. The predicted molar refractivity (Wildman–Crippen MR) is 71.1 cm³/mol. The van der Waals surface area contributed by atoms with Crippen molar-refractivity contribution < 1.29 is 0 Å². The molecule has 1 aromatic heterocycles. The molecule has 0 saturated carbocycles. The minimum atomic E-state index is 0.0607. The van der Waals surface area contributed by atoms with Crippen LogP contribution in [0.2, 0.25) is 0 Å². The van der Waals surface area contributed by atoms with Crippen LogP contribution in [-0.4, -0.2) is 4.57 Å². The van der Waals surface area contributed by atoms with E-state index in [0.29, 0.717) is 6.54 Å². The Hall–Kier alpha value is -1.61. The van der Waals surface area contributed by atoms with Gasteiger partial charge in [0.25, 0.3) is 5.56 Å². The molecular weight excluding hydrogens is 212 g/mol. The Balaban J connectivity index is 2.90. The summed E-state index contributed by atoms with van der Waals surface area (Å²) in [5.41, 5.74) is 8.51. The minimum absolute atomic E-state index is 0.0607. The Labute approximate surface area is 101 Å². The highest BCUT2D eigenvalue weighted by atomic mass is 16.1. The maximum absolute atomic E-state index is 12.3. The molecule has 0 radical (unpaired) electrons. The van der Waals surface area contributed by atoms with Crippen molar-refractivity contribution >= 4 is 10.9 Å². The average Bonchev–Trinajstić information content (AvgIpc) is 2.35. The number of hydrogen-bond donors (Lipinski definition) is 1. The van der Waals surface area contributed by atoms with Crippen LogP contribution < -0.4 is 11.3 Å². The average molecular weight is 230 g/mol. The van der Waals surface area contributed by atoms with Gasteiger partial charge in [0.05, 0.1) is 5.52 Å². The molecule has 2 rings (SSSR count). The van der Waals surface area contributed by atoms with Gasteiger partial charge in [0.2, 0.25) is 0 Å². The van der Waals surface area contributed by atoms with Crippen molar-refractivity contribution in [1.82, 2.24) is 4.57 Å². The van der Waals surface area contributed by atoms with E-state index < -0.39 is 0 Å². The van der Waals surface area contributed by atoms with Crippen molar-refractivity contribution in [2.24, 2.45) is 5.73 Å². The van der Waals surface area contributed by atoms with Crippen molar-refractivity contribution in [3.8, 4) is 0 Å². The molecule has 2 aromatic rings. The SMILES string of the molecule is CCCn1c(=O)c(CN)c(C)c2ccccc21. The minimum Gasteiger partial charge on any atom is -0.326 e. The molecule has 0 aliphatic carbocycles. The van der Waals surface area contributed by atoms with Gasteiger partial charge in [-0.25, -0.2) is 0 Å². The molecule has 3 heteroatoms. The number of aryl methyl sites for hydroxylation is 2. The second-order valence-electron chi connectivity index (χ2n) is 4.28. The molecule has 0 bridgehead atoms. The third-order valence-electron chi connectivity index (χ3n) is 3.21. The fourth-order valence-electron chi connectivity index (χ4n) is 2.31. The first-order valence-corrected chi connectivity index (χ1v) is 6.01. The Morgan fingerprint density at radius 3 is 2.65 bits per heavy atom. The van der Waals surface area contributed by atoms with E-state index >= 15 is 0 Å². The monoisotopic (exact) mass is 230 g/mol. The molecule has 0 fully saturated rings. The summed E-state index contributed by atoms with van der Waals surface area (Å²) < 4.78 is 1.84. The molecule has 0 spiro atoms. The molecule has 0 unspecified atom stereocenters. The maximum atomic E-state index is 12.3. The van der Waals surface area contributed by atoms with Crippen LogP contribution in [0.3, 0.4) is 0 Å². The lowest BCUT2D eigenvalue weighted by Crippen LogP contribution is -2.27. The number of para-hydroxylation sites is 1. The van der Waals surface area contributed by atoms with Gasteiger partial charge in [-0.3, -0.25) is 4.79 Å². The summed E-state index contributed by atoms with van der Waals surface area (Å²) in [5.74, 6) is 0. The fraction of sp³-hybridized carbons (Fsp3) is 0.357. The highest BCUT2D eigenvalue weighted by molar-refractivity contribution is 5.83. The van der Waals surface area contributed by atoms with Crippen LogP contribution in [-0.2, 0) is 13.1 Å². The zero-order valence-corrected chi connectivity index (χ0v) is 10.4. The van der Waals surface area contributed by atoms with Gasteiger partial charge >= 0.3 is 0 Å². The van der Waals surface area contributed by atoms with Gasteiger partial charge in [-0.2, -0.15) is 0 Å². The highest BCUT2D eigenvalue weighted by Crippen LogP contribution is 2.19. The van der Waals surface area contributed by atoms with Crippen LogP contribution in [0, 0.1) is 6.92 Å². The summed E-state index contributed by atoms with van der Waals surface area (Å²) in [6.45, 7) is 5.09. The molecule has 0 amide bonds. The molecule has 0 aliphatic heterocycles. The normalized spacial score (nSPS) is 11.0. The number of hydrogen-bond acceptors (Lipinski definition) is 2. The number of nitrogens with two attached hydrogens (primary N) is 1. The number of pyridine rings is 1. The Kier molecular flexibility index (Phi) is 3.29. The molecule has 0 atom stereocenters. The van der Waals surface area contributed by atoms with Gasteiger partial charge in [0.15, 0.2) is 0 Å². The third-order valence-corrected chi connectivity index (χ3v) is 3.21. The van der Waals surface area contributed by atoms with Crippen LogP contribution >= 0.6 is 0 Å². The highest BCUT2D eigenvalue weighted by Gasteiger charge is 2.11. The lowest BCUT2D eigenvalue weighted by Gasteiger charge is -2.14. The third kappa shape index (κ3) is 1.87. The Morgan fingerprint density at radius 1 is 1.29 bits per heavy atom. The lowest BCUT2D eigenvalue weighted by molar-refractivity contribution is 0.670. The van der Waals surface area contributed by atoms with Crippen molar-refractivity contribution in [2.75, 3.05) is 0 Å². The second kappa shape index (κ2) is 4.72.